The molecule has 1 atom stereocenters. The number of hydrogen-bond donors (Lipinski definition) is 0. The van der Waals surface area contributed by atoms with Gasteiger partial charge in [-0.25, -0.2) is 0 Å². The summed E-state index contributed by atoms with van der Waals surface area (Å²) in [6, 6.07) is 0. The van der Waals surface area contributed by atoms with Crippen LogP contribution >= 0.6 is 0 Å². The van der Waals surface area contributed by atoms with Crippen molar-refractivity contribution in [2.45, 2.75) is 219 Å². The predicted molar refractivity (Wildman–Crippen MR) is 324 cm³/mol. The maximum Gasteiger partial charge on any atom is 0.306 e. The molecule has 0 radical (unpaired) electrons. The largest absolute Gasteiger partial charge is 0.462 e. The van der Waals surface area contributed by atoms with E-state index in [1.165, 1.54) is 25.7 Å². The van der Waals surface area contributed by atoms with Crippen molar-refractivity contribution in [3.8, 4) is 0 Å². The third-order valence-electron chi connectivity index (χ3n) is 11.4. The number of ether oxygens (including phenoxy) is 3. The maximum atomic E-state index is 12.9. The summed E-state index contributed by atoms with van der Waals surface area (Å²) in [5.74, 6) is -1.10. The number of esters is 3. The van der Waals surface area contributed by atoms with Crippen LogP contribution in [0.1, 0.15) is 213 Å². The van der Waals surface area contributed by atoms with E-state index in [0.717, 1.165) is 135 Å². The molecule has 0 saturated carbocycles. The van der Waals surface area contributed by atoms with Crippen LogP contribution < -0.4 is 0 Å². The van der Waals surface area contributed by atoms with E-state index in [-0.39, 0.29) is 44.0 Å². The number of hydrogen-bond acceptors (Lipinski definition) is 6. The van der Waals surface area contributed by atoms with Crippen LogP contribution in [0.4, 0.5) is 0 Å². The second kappa shape index (κ2) is 61.1. The van der Waals surface area contributed by atoms with Gasteiger partial charge in [0.15, 0.2) is 6.10 Å². The van der Waals surface area contributed by atoms with Crippen molar-refractivity contribution in [1.82, 2.24) is 0 Å². The van der Waals surface area contributed by atoms with Crippen LogP contribution in [-0.4, -0.2) is 37.2 Å². The Balaban J connectivity index is 4.67. The lowest BCUT2D eigenvalue weighted by Gasteiger charge is -2.18. The quantitative estimate of drug-likeness (QED) is 0.0261. The lowest BCUT2D eigenvalue weighted by Crippen LogP contribution is -2.30. The molecule has 0 aliphatic rings. The molecule has 0 fully saturated rings. The van der Waals surface area contributed by atoms with Crippen LogP contribution in [0.2, 0.25) is 0 Å². The monoisotopic (exact) mass is 1030 g/mol. The highest BCUT2D eigenvalue weighted by Gasteiger charge is 2.19. The number of rotatable bonds is 50. The molecular weight excluding hydrogens is 925 g/mol. The van der Waals surface area contributed by atoms with Crippen LogP contribution in [0, 0.1) is 0 Å². The molecule has 6 heteroatoms. The Morgan fingerprint density at radius 1 is 0.280 bits per heavy atom. The molecule has 6 nitrogen and oxygen atoms in total. The third kappa shape index (κ3) is 59.3. The molecular formula is C69H104O6. The number of carbonyl (C=O) groups is 3. The van der Waals surface area contributed by atoms with E-state index >= 15 is 0 Å². The zero-order valence-electron chi connectivity index (χ0n) is 47.5. The molecule has 0 aromatic heterocycles. The second-order valence-corrected chi connectivity index (χ2v) is 18.4. The van der Waals surface area contributed by atoms with E-state index in [2.05, 4.69) is 191 Å². The standard InChI is InChI=1S/C69H104O6/c1-4-7-10-13-16-19-22-25-28-31-34-37-40-43-46-49-52-55-58-61-67(70)73-64-66(75-69(72)63-60-57-54-51-48-45-42-39-36-33-30-27-24-21-18-15-12-9-6-3)65-74-68(71)62-59-56-53-50-47-44-41-38-35-32-29-26-23-20-17-14-11-8-5-2/h7,9-10,12,16-21,25-30,34-39,43-48,52,55,66H,4-6,8,11,13-15,22-24,31-33,40-42,49-51,53-54,56-65H2,1-3H3/b10-7+,12-9+,19-16+,20-17+,21-18+,28-25+,29-26+,30-27+,37-34+,38-35+,39-36+,46-43+,47-44+,48-45+,55-52+/t66-/m0/s1. The molecule has 0 aromatic carbocycles. The average Bonchev–Trinajstić information content (AvgIpc) is 3.41. The highest BCUT2D eigenvalue weighted by atomic mass is 16.6. The molecule has 0 aromatic rings. The minimum atomic E-state index is -0.852. The number of carbonyl (C=O) groups excluding carboxylic acids is 3. The van der Waals surface area contributed by atoms with Gasteiger partial charge in [-0.1, -0.05) is 229 Å². The minimum Gasteiger partial charge on any atom is -0.462 e. The maximum absolute atomic E-state index is 12.9. The summed E-state index contributed by atoms with van der Waals surface area (Å²) in [5.41, 5.74) is 0. The van der Waals surface area contributed by atoms with Gasteiger partial charge in [0, 0.05) is 19.3 Å². The van der Waals surface area contributed by atoms with Gasteiger partial charge < -0.3 is 14.2 Å². The summed E-state index contributed by atoms with van der Waals surface area (Å²) in [5, 5.41) is 0. The predicted octanol–water partition coefficient (Wildman–Crippen LogP) is 20.1. The lowest BCUT2D eigenvalue weighted by molar-refractivity contribution is -0.166. The van der Waals surface area contributed by atoms with Crippen molar-refractivity contribution >= 4 is 17.9 Å². The number of unbranched alkanes of at least 4 members (excludes halogenated alkanes) is 9. The first-order chi connectivity index (χ1) is 37.0. The summed E-state index contributed by atoms with van der Waals surface area (Å²) in [6.45, 7) is 6.24. The fourth-order valence-corrected chi connectivity index (χ4v) is 7.06. The second-order valence-electron chi connectivity index (χ2n) is 18.4. The van der Waals surface area contributed by atoms with Gasteiger partial charge in [-0.05, 0) is 148 Å². The van der Waals surface area contributed by atoms with Crippen molar-refractivity contribution in [3.63, 3.8) is 0 Å². The van der Waals surface area contributed by atoms with Gasteiger partial charge in [-0.15, -0.1) is 0 Å². The van der Waals surface area contributed by atoms with Gasteiger partial charge in [0.2, 0.25) is 0 Å². The zero-order chi connectivity index (χ0) is 54.3. The molecule has 0 aliphatic heterocycles. The average molecular weight is 1030 g/mol. The summed E-state index contributed by atoms with van der Waals surface area (Å²) in [6.07, 6.45) is 91.7. The van der Waals surface area contributed by atoms with Crippen LogP contribution in [0.15, 0.2) is 182 Å². The first kappa shape index (κ1) is 69.5. The third-order valence-corrected chi connectivity index (χ3v) is 11.4. The Bertz CT molecular complexity index is 1800. The van der Waals surface area contributed by atoms with Crippen molar-refractivity contribution in [3.05, 3.63) is 182 Å². The van der Waals surface area contributed by atoms with Crippen LogP contribution in [0.25, 0.3) is 0 Å². The van der Waals surface area contributed by atoms with Crippen molar-refractivity contribution < 1.29 is 28.6 Å². The first-order valence-corrected chi connectivity index (χ1v) is 29.3. The van der Waals surface area contributed by atoms with Gasteiger partial charge >= 0.3 is 17.9 Å². The van der Waals surface area contributed by atoms with E-state index < -0.39 is 6.10 Å². The minimum absolute atomic E-state index is 0.142. The molecule has 0 bridgehead atoms. The summed E-state index contributed by atoms with van der Waals surface area (Å²) < 4.78 is 16.8. The van der Waals surface area contributed by atoms with Gasteiger partial charge in [0.25, 0.3) is 0 Å². The Morgan fingerprint density at radius 2 is 0.547 bits per heavy atom. The molecule has 0 heterocycles. The van der Waals surface area contributed by atoms with E-state index in [1.807, 2.05) is 12.2 Å². The fraction of sp³-hybridized carbons (Fsp3) is 0.522. The van der Waals surface area contributed by atoms with Crippen LogP contribution in [0.5, 0.6) is 0 Å². The Kier molecular flexibility index (Phi) is 56.6. The fourth-order valence-electron chi connectivity index (χ4n) is 7.06. The van der Waals surface area contributed by atoms with Gasteiger partial charge in [-0.3, -0.25) is 14.4 Å². The summed E-state index contributed by atoms with van der Waals surface area (Å²) in [4.78, 5) is 38.2. The van der Waals surface area contributed by atoms with E-state index in [4.69, 9.17) is 14.2 Å². The normalized spacial score (nSPS) is 13.5. The number of allylic oxidation sites excluding steroid dienone is 30. The topological polar surface area (TPSA) is 78.9 Å². The van der Waals surface area contributed by atoms with Gasteiger partial charge in [-0.2, -0.15) is 0 Å². The van der Waals surface area contributed by atoms with E-state index in [9.17, 15) is 14.4 Å². The molecule has 416 valence electrons. The van der Waals surface area contributed by atoms with E-state index in [0.29, 0.717) is 19.3 Å². The Morgan fingerprint density at radius 3 is 0.867 bits per heavy atom. The zero-order valence-corrected chi connectivity index (χ0v) is 47.5. The summed E-state index contributed by atoms with van der Waals surface area (Å²) in [7, 11) is 0. The van der Waals surface area contributed by atoms with Crippen LogP contribution in [-0.2, 0) is 28.6 Å². The Labute approximate surface area is 459 Å². The molecule has 0 spiro atoms. The highest BCUT2D eigenvalue weighted by Crippen LogP contribution is 2.11. The van der Waals surface area contributed by atoms with Crippen molar-refractivity contribution in [2.75, 3.05) is 13.2 Å². The highest BCUT2D eigenvalue weighted by molar-refractivity contribution is 5.71. The molecule has 0 rings (SSSR count). The van der Waals surface area contributed by atoms with Crippen LogP contribution in [0.3, 0.4) is 0 Å². The molecule has 0 aliphatic carbocycles. The molecule has 0 N–H and O–H groups in total. The molecule has 0 saturated heterocycles. The Hall–Kier alpha value is -5.49. The summed E-state index contributed by atoms with van der Waals surface area (Å²) >= 11 is 0. The van der Waals surface area contributed by atoms with E-state index in [1.54, 1.807) is 0 Å². The van der Waals surface area contributed by atoms with Crippen molar-refractivity contribution in [1.29, 1.82) is 0 Å². The smallest absolute Gasteiger partial charge is 0.306 e. The molecule has 0 amide bonds. The van der Waals surface area contributed by atoms with Gasteiger partial charge in [0.1, 0.15) is 13.2 Å². The first-order valence-electron chi connectivity index (χ1n) is 29.3. The van der Waals surface area contributed by atoms with Crippen molar-refractivity contribution in [2.24, 2.45) is 0 Å². The SMILES string of the molecule is CC/C=C/C/C=C/C/C=C/C/C=C/C/C=C/C/C=C/CCC(=O)OC[C@@H](COC(=O)CCCCC/C=C/C/C=C/C/C=C/C/C=C/CCCCC)OC(=O)CCCCC/C=C/C/C=C/C/C=C/C/C=C/C/C=C/CC. The van der Waals surface area contributed by atoms with Gasteiger partial charge in [0.05, 0.1) is 0 Å². The molecule has 75 heavy (non-hydrogen) atoms. The molecule has 0 unspecified atom stereocenters. The lowest BCUT2D eigenvalue weighted by atomic mass is 10.1.